The van der Waals surface area contributed by atoms with Crippen LogP contribution in [0.15, 0.2) is 71.8 Å². The Morgan fingerprint density at radius 1 is 0.971 bits per heavy atom. The van der Waals surface area contributed by atoms with Gasteiger partial charge in [-0.15, -0.1) is 0 Å². The second kappa shape index (κ2) is 8.89. The summed E-state index contributed by atoms with van der Waals surface area (Å²) in [4.78, 5) is 0.219. The molecule has 178 valence electrons. The van der Waals surface area contributed by atoms with Crippen LogP contribution in [0.3, 0.4) is 0 Å². The van der Waals surface area contributed by atoms with Crippen molar-refractivity contribution in [3.63, 3.8) is 0 Å². The minimum absolute atomic E-state index is 0.0752. The van der Waals surface area contributed by atoms with Crippen LogP contribution in [-0.2, 0) is 22.0 Å². The predicted molar refractivity (Wildman–Crippen MR) is 137 cm³/mol. The van der Waals surface area contributed by atoms with Gasteiger partial charge in [0.15, 0.2) is 0 Å². The Bertz CT molecular complexity index is 1450. The predicted octanol–water partition coefficient (Wildman–Crippen LogP) is 6.09. The van der Waals surface area contributed by atoms with Gasteiger partial charge < -0.3 is 10.6 Å². The van der Waals surface area contributed by atoms with E-state index in [0.717, 1.165) is 22.1 Å². The molecule has 5 nitrogen and oxygen atoms in total. The molecule has 0 radical (unpaired) electrons. The Kier molecular flexibility index (Phi) is 6.27. The molecular weight excluding hydrogens is 449 g/mol. The van der Waals surface area contributed by atoms with Gasteiger partial charge in [-0.3, -0.25) is 0 Å². The topological polar surface area (TPSA) is 63.1 Å². The maximum absolute atomic E-state index is 14.4. The van der Waals surface area contributed by atoms with Crippen molar-refractivity contribution < 1.29 is 12.8 Å². The van der Waals surface area contributed by atoms with Crippen LogP contribution in [0.4, 0.5) is 15.8 Å². The average Bonchev–Trinajstić information content (AvgIpc) is 3.14. The summed E-state index contributed by atoms with van der Waals surface area (Å²) in [7, 11) is -2.02. The highest BCUT2D eigenvalue weighted by molar-refractivity contribution is 7.90. The molecule has 0 atom stereocenters. The minimum Gasteiger partial charge on any atom is -0.353 e. The van der Waals surface area contributed by atoms with Crippen molar-refractivity contribution in [1.29, 1.82) is 0 Å². The first-order chi connectivity index (χ1) is 16.0. The van der Waals surface area contributed by atoms with Gasteiger partial charge in [0.1, 0.15) is 5.82 Å². The van der Waals surface area contributed by atoms with E-state index < -0.39 is 10.0 Å². The van der Waals surface area contributed by atoms with Crippen LogP contribution in [0, 0.1) is 12.7 Å². The smallest absolute Gasteiger partial charge is 0.268 e. The van der Waals surface area contributed by atoms with E-state index in [0.29, 0.717) is 23.4 Å². The number of halogens is 1. The molecule has 34 heavy (non-hydrogen) atoms. The van der Waals surface area contributed by atoms with E-state index in [2.05, 4.69) is 31.4 Å². The SMILES string of the molecule is CNCc1cn(S(=O)(=O)c2ccc(C(C)(C)C)cc2)c2cc(Nc3ccc(C)cc3F)ccc12. The number of nitrogens with zero attached hydrogens (tertiary/aromatic N) is 1. The number of fused-ring (bicyclic) bond motifs is 1. The standard InChI is InChI=1S/C27H30FN3O2S/c1-18-6-13-25(24(28)14-18)30-21-9-12-23-19(16-29-5)17-31(26(23)15-21)34(32,33)22-10-7-20(8-11-22)27(2,3)4/h6-15,17,29-30H,16H2,1-5H3. The first-order valence-corrected chi connectivity index (χ1v) is 12.6. The Morgan fingerprint density at radius 2 is 1.68 bits per heavy atom. The fourth-order valence-electron chi connectivity index (χ4n) is 3.99. The summed E-state index contributed by atoms with van der Waals surface area (Å²) in [5.74, 6) is -0.363. The Labute approximate surface area is 200 Å². The lowest BCUT2D eigenvalue weighted by molar-refractivity contribution is 0.583. The van der Waals surface area contributed by atoms with Crippen LogP contribution in [0.5, 0.6) is 0 Å². The van der Waals surface area contributed by atoms with Crippen LogP contribution < -0.4 is 10.6 Å². The molecule has 0 unspecified atom stereocenters. The molecule has 0 aliphatic rings. The highest BCUT2D eigenvalue weighted by Gasteiger charge is 2.23. The first kappa shape index (κ1) is 24.0. The number of hydrogen-bond donors (Lipinski definition) is 2. The number of rotatable bonds is 6. The number of aromatic nitrogens is 1. The molecule has 0 bridgehead atoms. The Balaban J connectivity index is 1.81. The van der Waals surface area contributed by atoms with E-state index in [1.54, 1.807) is 30.5 Å². The van der Waals surface area contributed by atoms with Gasteiger partial charge in [0.05, 0.1) is 16.1 Å². The van der Waals surface area contributed by atoms with Crippen molar-refractivity contribution in [2.75, 3.05) is 12.4 Å². The number of anilines is 2. The molecule has 3 aromatic carbocycles. The van der Waals surface area contributed by atoms with Gasteiger partial charge in [-0.1, -0.05) is 45.0 Å². The third kappa shape index (κ3) is 4.58. The van der Waals surface area contributed by atoms with Gasteiger partial charge >= 0.3 is 0 Å². The van der Waals surface area contributed by atoms with Crippen molar-refractivity contribution in [2.24, 2.45) is 0 Å². The lowest BCUT2D eigenvalue weighted by atomic mass is 9.87. The molecule has 0 saturated carbocycles. The maximum Gasteiger partial charge on any atom is 0.268 e. The van der Waals surface area contributed by atoms with Crippen molar-refractivity contribution in [2.45, 2.75) is 44.6 Å². The summed E-state index contributed by atoms with van der Waals surface area (Å²) in [5.41, 5.74) is 4.14. The number of hydrogen-bond acceptors (Lipinski definition) is 4. The number of aryl methyl sites for hydroxylation is 1. The van der Waals surface area contributed by atoms with E-state index in [1.807, 2.05) is 44.3 Å². The van der Waals surface area contributed by atoms with Crippen LogP contribution >= 0.6 is 0 Å². The molecule has 1 heterocycles. The minimum atomic E-state index is -3.84. The normalized spacial score (nSPS) is 12.3. The molecule has 4 rings (SSSR count). The molecule has 1 aromatic heterocycles. The van der Waals surface area contributed by atoms with Gasteiger partial charge in [0, 0.05) is 23.8 Å². The fraction of sp³-hybridized carbons (Fsp3) is 0.259. The molecule has 0 spiro atoms. The molecule has 0 saturated heterocycles. The number of benzene rings is 3. The van der Waals surface area contributed by atoms with Gasteiger partial charge in [0.25, 0.3) is 10.0 Å². The van der Waals surface area contributed by atoms with E-state index in [4.69, 9.17) is 0 Å². The summed E-state index contributed by atoms with van der Waals surface area (Å²) in [6, 6.07) is 17.4. The summed E-state index contributed by atoms with van der Waals surface area (Å²) < 4.78 is 43.0. The van der Waals surface area contributed by atoms with E-state index in [9.17, 15) is 12.8 Å². The zero-order chi connectivity index (χ0) is 24.7. The summed E-state index contributed by atoms with van der Waals surface area (Å²) in [5, 5.41) is 6.99. The van der Waals surface area contributed by atoms with Gasteiger partial charge in [-0.2, -0.15) is 0 Å². The Hall–Kier alpha value is -3.16. The molecule has 4 aromatic rings. The van der Waals surface area contributed by atoms with Crippen molar-refractivity contribution in [1.82, 2.24) is 9.29 Å². The van der Waals surface area contributed by atoms with Crippen LogP contribution in [0.2, 0.25) is 0 Å². The molecule has 0 amide bonds. The van der Waals surface area contributed by atoms with E-state index in [-0.39, 0.29) is 16.1 Å². The largest absolute Gasteiger partial charge is 0.353 e. The third-order valence-corrected chi connectivity index (χ3v) is 7.59. The van der Waals surface area contributed by atoms with Gasteiger partial charge in [-0.05, 0) is 72.5 Å². The zero-order valence-corrected chi connectivity index (χ0v) is 20.9. The monoisotopic (exact) mass is 479 g/mol. The fourth-order valence-corrected chi connectivity index (χ4v) is 5.37. The van der Waals surface area contributed by atoms with Crippen LogP contribution in [0.25, 0.3) is 10.9 Å². The highest BCUT2D eigenvalue weighted by Crippen LogP contribution is 2.31. The molecule has 7 heteroatoms. The van der Waals surface area contributed by atoms with E-state index >= 15 is 0 Å². The lowest BCUT2D eigenvalue weighted by Gasteiger charge is -2.19. The molecule has 0 aliphatic heterocycles. The van der Waals surface area contributed by atoms with Crippen LogP contribution in [0.1, 0.15) is 37.5 Å². The van der Waals surface area contributed by atoms with Gasteiger partial charge in [-0.25, -0.2) is 16.8 Å². The summed E-state index contributed by atoms with van der Waals surface area (Å²) in [6.45, 7) is 8.61. The van der Waals surface area contributed by atoms with Crippen molar-refractivity contribution >= 4 is 32.3 Å². The van der Waals surface area contributed by atoms with Crippen molar-refractivity contribution in [3.8, 4) is 0 Å². The molecule has 0 aliphatic carbocycles. The van der Waals surface area contributed by atoms with Crippen molar-refractivity contribution in [3.05, 3.63) is 89.4 Å². The van der Waals surface area contributed by atoms with Gasteiger partial charge in [0.2, 0.25) is 0 Å². The first-order valence-electron chi connectivity index (χ1n) is 11.2. The molecule has 0 fully saturated rings. The van der Waals surface area contributed by atoms with Crippen LogP contribution in [-0.4, -0.2) is 19.4 Å². The zero-order valence-electron chi connectivity index (χ0n) is 20.1. The highest BCUT2D eigenvalue weighted by atomic mass is 32.2. The molecular formula is C27H30FN3O2S. The Morgan fingerprint density at radius 3 is 2.29 bits per heavy atom. The summed E-state index contributed by atoms with van der Waals surface area (Å²) in [6.07, 6.45) is 1.66. The maximum atomic E-state index is 14.4. The second-order valence-corrected chi connectivity index (χ2v) is 11.4. The average molecular weight is 480 g/mol. The number of nitrogens with one attached hydrogen (secondary N) is 2. The summed E-state index contributed by atoms with van der Waals surface area (Å²) >= 11 is 0. The van der Waals surface area contributed by atoms with E-state index in [1.165, 1.54) is 10.0 Å². The molecule has 2 N–H and O–H groups in total. The second-order valence-electron chi connectivity index (χ2n) is 9.60. The lowest BCUT2D eigenvalue weighted by Crippen LogP contribution is -2.14. The quantitative estimate of drug-likeness (QED) is 0.351. The third-order valence-electron chi connectivity index (χ3n) is 5.90.